The molecule has 1 heterocycles. The highest BCUT2D eigenvalue weighted by atomic mass is 19.4. The SMILES string of the molecule is COCc1ccc(C(=O)N2CCN(C(=O)CC(F)(F)F)CC2)cc1. The molecule has 0 radical (unpaired) electrons. The molecule has 5 nitrogen and oxygen atoms in total. The van der Waals surface area contributed by atoms with Gasteiger partial charge in [-0.2, -0.15) is 13.2 Å². The van der Waals surface area contributed by atoms with Gasteiger partial charge in [-0.15, -0.1) is 0 Å². The number of nitrogens with zero attached hydrogens (tertiary/aromatic N) is 2. The van der Waals surface area contributed by atoms with Crippen LogP contribution in [0, 0.1) is 0 Å². The molecule has 2 rings (SSSR count). The summed E-state index contributed by atoms with van der Waals surface area (Å²) in [5.41, 5.74) is 1.45. The third-order valence-electron chi connectivity index (χ3n) is 3.78. The lowest BCUT2D eigenvalue weighted by atomic mass is 10.1. The molecule has 1 aliphatic rings. The molecular weight excluding hydrogens is 325 g/mol. The molecule has 0 spiro atoms. The molecular formula is C16H19F3N2O3. The number of hydrogen-bond donors (Lipinski definition) is 0. The average Bonchev–Trinajstić information content (AvgIpc) is 2.54. The van der Waals surface area contributed by atoms with E-state index in [1.54, 1.807) is 36.3 Å². The number of hydrogen-bond acceptors (Lipinski definition) is 3. The second-order valence-electron chi connectivity index (χ2n) is 5.59. The monoisotopic (exact) mass is 344 g/mol. The summed E-state index contributed by atoms with van der Waals surface area (Å²) in [7, 11) is 1.58. The second-order valence-corrected chi connectivity index (χ2v) is 5.59. The van der Waals surface area contributed by atoms with Crippen molar-refractivity contribution >= 4 is 11.8 Å². The first-order chi connectivity index (χ1) is 11.3. The predicted molar refractivity (Wildman–Crippen MR) is 80.3 cm³/mol. The van der Waals surface area contributed by atoms with Gasteiger partial charge in [0.2, 0.25) is 5.91 Å². The van der Waals surface area contributed by atoms with Crippen LogP contribution < -0.4 is 0 Å². The van der Waals surface area contributed by atoms with Gasteiger partial charge in [-0.3, -0.25) is 9.59 Å². The molecule has 0 saturated carbocycles. The summed E-state index contributed by atoms with van der Waals surface area (Å²) in [5, 5.41) is 0. The lowest BCUT2D eigenvalue weighted by Crippen LogP contribution is -2.51. The first-order valence-electron chi connectivity index (χ1n) is 7.52. The van der Waals surface area contributed by atoms with E-state index in [0.29, 0.717) is 12.2 Å². The number of piperazine rings is 1. The summed E-state index contributed by atoms with van der Waals surface area (Å²) in [6.07, 6.45) is -5.96. The highest BCUT2D eigenvalue weighted by Gasteiger charge is 2.34. The van der Waals surface area contributed by atoms with E-state index in [1.807, 2.05) is 0 Å². The fourth-order valence-corrected chi connectivity index (χ4v) is 2.54. The molecule has 0 aromatic heterocycles. The van der Waals surface area contributed by atoms with Gasteiger partial charge < -0.3 is 14.5 Å². The number of methoxy groups -OCH3 is 1. The van der Waals surface area contributed by atoms with Crippen molar-refractivity contribution in [3.8, 4) is 0 Å². The van der Waals surface area contributed by atoms with E-state index in [2.05, 4.69) is 0 Å². The minimum absolute atomic E-state index is 0.114. The number of amides is 2. The van der Waals surface area contributed by atoms with E-state index in [1.165, 1.54) is 0 Å². The third-order valence-corrected chi connectivity index (χ3v) is 3.78. The molecule has 24 heavy (non-hydrogen) atoms. The maximum absolute atomic E-state index is 12.4. The van der Waals surface area contributed by atoms with Crippen LogP contribution in [0.5, 0.6) is 0 Å². The Balaban J connectivity index is 1.89. The Kier molecular flexibility index (Phi) is 5.82. The van der Waals surface area contributed by atoms with Gasteiger partial charge in [-0.1, -0.05) is 12.1 Å². The summed E-state index contributed by atoms with van der Waals surface area (Å²) in [6, 6.07) is 6.97. The first kappa shape index (κ1) is 18.3. The standard InChI is InChI=1S/C16H19F3N2O3/c1-24-11-12-2-4-13(5-3-12)15(23)21-8-6-20(7-9-21)14(22)10-16(17,18)19/h2-5H,6-11H2,1H3. The summed E-state index contributed by atoms with van der Waals surface area (Å²) >= 11 is 0. The Morgan fingerprint density at radius 2 is 1.58 bits per heavy atom. The van der Waals surface area contributed by atoms with Gasteiger partial charge >= 0.3 is 6.18 Å². The topological polar surface area (TPSA) is 49.9 Å². The maximum atomic E-state index is 12.4. The largest absolute Gasteiger partial charge is 0.397 e. The van der Waals surface area contributed by atoms with Gasteiger partial charge in [0.1, 0.15) is 6.42 Å². The molecule has 1 aromatic rings. The predicted octanol–water partition coefficient (Wildman–Crippen LogP) is 2.07. The lowest BCUT2D eigenvalue weighted by Gasteiger charge is -2.35. The molecule has 8 heteroatoms. The molecule has 0 N–H and O–H groups in total. The minimum Gasteiger partial charge on any atom is -0.380 e. The van der Waals surface area contributed by atoms with Crippen LogP contribution in [-0.4, -0.2) is 61.1 Å². The van der Waals surface area contributed by atoms with Crippen LogP contribution in [-0.2, 0) is 16.1 Å². The average molecular weight is 344 g/mol. The van der Waals surface area contributed by atoms with Crippen molar-refractivity contribution < 1.29 is 27.5 Å². The van der Waals surface area contributed by atoms with Crippen LogP contribution in [0.4, 0.5) is 13.2 Å². The van der Waals surface area contributed by atoms with E-state index < -0.39 is 18.5 Å². The fourth-order valence-electron chi connectivity index (χ4n) is 2.54. The van der Waals surface area contributed by atoms with Crippen molar-refractivity contribution in [1.29, 1.82) is 0 Å². The minimum atomic E-state index is -4.51. The van der Waals surface area contributed by atoms with Crippen molar-refractivity contribution in [2.24, 2.45) is 0 Å². The summed E-state index contributed by atoms with van der Waals surface area (Å²) in [5.74, 6) is -1.14. The van der Waals surface area contributed by atoms with Crippen molar-refractivity contribution in [2.75, 3.05) is 33.3 Å². The normalized spacial score (nSPS) is 15.5. The highest BCUT2D eigenvalue weighted by Crippen LogP contribution is 2.21. The Labute approximate surface area is 138 Å². The van der Waals surface area contributed by atoms with Crippen LogP contribution >= 0.6 is 0 Å². The Morgan fingerprint density at radius 1 is 1.04 bits per heavy atom. The molecule has 1 saturated heterocycles. The van der Waals surface area contributed by atoms with E-state index in [9.17, 15) is 22.8 Å². The van der Waals surface area contributed by atoms with Gasteiger partial charge in [0.15, 0.2) is 0 Å². The van der Waals surface area contributed by atoms with E-state index in [0.717, 1.165) is 10.5 Å². The number of alkyl halides is 3. The van der Waals surface area contributed by atoms with Gasteiger partial charge in [0, 0.05) is 38.9 Å². The zero-order valence-electron chi connectivity index (χ0n) is 13.3. The molecule has 1 aromatic carbocycles. The number of halogens is 3. The molecule has 0 unspecified atom stereocenters. The molecule has 0 aliphatic carbocycles. The van der Waals surface area contributed by atoms with Crippen LogP contribution in [0.15, 0.2) is 24.3 Å². The number of benzene rings is 1. The van der Waals surface area contributed by atoms with Gasteiger partial charge in [0.25, 0.3) is 5.91 Å². The summed E-state index contributed by atoms with van der Waals surface area (Å²) < 4.78 is 41.8. The van der Waals surface area contributed by atoms with E-state index in [4.69, 9.17) is 4.74 Å². The van der Waals surface area contributed by atoms with Crippen molar-refractivity contribution in [1.82, 2.24) is 9.80 Å². The number of rotatable bonds is 4. The lowest BCUT2D eigenvalue weighted by molar-refractivity contribution is -0.162. The maximum Gasteiger partial charge on any atom is 0.397 e. The Hall–Kier alpha value is -2.09. The third kappa shape index (κ3) is 4.95. The van der Waals surface area contributed by atoms with Crippen molar-refractivity contribution in [3.05, 3.63) is 35.4 Å². The van der Waals surface area contributed by atoms with Crippen molar-refractivity contribution in [2.45, 2.75) is 19.2 Å². The van der Waals surface area contributed by atoms with Crippen molar-refractivity contribution in [3.63, 3.8) is 0 Å². The van der Waals surface area contributed by atoms with Crippen LogP contribution in [0.1, 0.15) is 22.3 Å². The van der Waals surface area contributed by atoms with E-state index in [-0.39, 0.29) is 32.1 Å². The zero-order valence-corrected chi connectivity index (χ0v) is 13.3. The molecule has 0 bridgehead atoms. The number of carbonyl (C=O) groups is 2. The Bertz CT molecular complexity index is 579. The van der Waals surface area contributed by atoms with Crippen LogP contribution in [0.25, 0.3) is 0 Å². The molecule has 132 valence electrons. The molecule has 0 atom stereocenters. The smallest absolute Gasteiger partial charge is 0.380 e. The zero-order chi connectivity index (χ0) is 17.7. The van der Waals surface area contributed by atoms with Crippen LogP contribution in [0.3, 0.4) is 0 Å². The van der Waals surface area contributed by atoms with E-state index >= 15 is 0 Å². The first-order valence-corrected chi connectivity index (χ1v) is 7.52. The molecule has 1 fully saturated rings. The Morgan fingerprint density at radius 3 is 2.08 bits per heavy atom. The van der Waals surface area contributed by atoms with Gasteiger partial charge in [0.05, 0.1) is 6.61 Å². The fraction of sp³-hybridized carbons (Fsp3) is 0.500. The highest BCUT2D eigenvalue weighted by molar-refractivity contribution is 5.94. The second kappa shape index (κ2) is 7.65. The van der Waals surface area contributed by atoms with Gasteiger partial charge in [-0.05, 0) is 17.7 Å². The summed E-state index contributed by atoms with van der Waals surface area (Å²) in [6.45, 7) is 1.13. The quantitative estimate of drug-likeness (QED) is 0.840. The van der Waals surface area contributed by atoms with Crippen LogP contribution in [0.2, 0.25) is 0 Å². The molecule has 2 amide bonds. The molecule has 1 aliphatic heterocycles. The number of carbonyl (C=O) groups excluding carboxylic acids is 2. The van der Waals surface area contributed by atoms with Gasteiger partial charge in [-0.25, -0.2) is 0 Å². The summed E-state index contributed by atoms with van der Waals surface area (Å²) in [4.78, 5) is 26.6. The number of ether oxygens (including phenoxy) is 1.